The Balaban J connectivity index is 1.82. The van der Waals surface area contributed by atoms with E-state index < -0.39 is 6.17 Å². The lowest BCUT2D eigenvalue weighted by molar-refractivity contribution is 0.313. The summed E-state index contributed by atoms with van der Waals surface area (Å²) >= 11 is 0. The van der Waals surface area contributed by atoms with Crippen LogP contribution in [0.15, 0.2) is 65.7 Å². The molecule has 2 N–H and O–H groups in total. The monoisotopic (exact) mass is 462 g/mol. The first-order valence-corrected chi connectivity index (χ1v) is 11.2. The molecule has 7 nitrogen and oxygen atoms in total. The lowest BCUT2D eigenvalue weighted by Crippen LogP contribution is -2.33. The van der Waals surface area contributed by atoms with Crippen LogP contribution in [0.25, 0.3) is 0 Å². The molecule has 1 aliphatic rings. The normalized spacial score (nSPS) is 17.6. The third-order valence-electron chi connectivity index (χ3n) is 5.88. The molecule has 3 aromatic rings. The minimum Gasteiger partial charge on any atom is -0.504 e. The van der Waals surface area contributed by atoms with Gasteiger partial charge in [-0.3, -0.25) is 10.3 Å². The van der Waals surface area contributed by atoms with Crippen LogP contribution in [0.4, 0.5) is 0 Å². The molecule has 0 aliphatic carbocycles. The van der Waals surface area contributed by atoms with E-state index >= 15 is 0 Å². The molecule has 1 aliphatic heterocycles. The third-order valence-corrected chi connectivity index (χ3v) is 5.88. The van der Waals surface area contributed by atoms with Crippen molar-refractivity contribution in [2.75, 3.05) is 27.9 Å². The quantitative estimate of drug-likeness (QED) is 0.488. The van der Waals surface area contributed by atoms with Gasteiger partial charge < -0.3 is 24.1 Å². The molecule has 0 amide bonds. The summed E-state index contributed by atoms with van der Waals surface area (Å²) < 4.78 is 22.2. The van der Waals surface area contributed by atoms with Crippen LogP contribution in [0.5, 0.6) is 28.7 Å². The maximum Gasteiger partial charge on any atom is 0.162 e. The summed E-state index contributed by atoms with van der Waals surface area (Å²) in [6.45, 7) is 2.36. The lowest BCUT2D eigenvalue weighted by atomic mass is 9.93. The van der Waals surface area contributed by atoms with Crippen LogP contribution >= 0.6 is 0 Å². The zero-order chi connectivity index (χ0) is 24.1. The fourth-order valence-electron chi connectivity index (χ4n) is 4.19. The first-order chi connectivity index (χ1) is 16.6. The van der Waals surface area contributed by atoms with E-state index in [1.807, 2.05) is 61.5 Å². The standard InChI is InChI=1S/C27H30N2O5/c1-5-34-25-11-7-10-20(26(25)30)23-16-22(17-8-6-9-18(14-17)31-2)28-27(29-23)21-15-19(32-3)12-13-24(21)33-4/h6-15,23,27,29-30H,5,16H2,1-4H3. The van der Waals surface area contributed by atoms with Crippen LogP contribution in [0.2, 0.25) is 0 Å². The minimum absolute atomic E-state index is 0.130. The summed E-state index contributed by atoms with van der Waals surface area (Å²) in [4.78, 5) is 5.05. The highest BCUT2D eigenvalue weighted by molar-refractivity contribution is 6.02. The molecule has 4 rings (SSSR count). The number of benzene rings is 3. The molecule has 0 radical (unpaired) electrons. The number of aliphatic imine (C=N–C) groups is 1. The van der Waals surface area contributed by atoms with Gasteiger partial charge >= 0.3 is 0 Å². The molecule has 0 fully saturated rings. The number of hydrogen-bond acceptors (Lipinski definition) is 7. The highest BCUT2D eigenvalue weighted by Crippen LogP contribution is 2.41. The van der Waals surface area contributed by atoms with Crippen molar-refractivity contribution in [3.8, 4) is 28.7 Å². The Bertz CT molecular complexity index is 1180. The molecule has 0 aromatic heterocycles. The van der Waals surface area contributed by atoms with E-state index in [1.54, 1.807) is 27.4 Å². The van der Waals surface area contributed by atoms with Gasteiger partial charge in [0.1, 0.15) is 23.4 Å². The van der Waals surface area contributed by atoms with Crippen LogP contribution in [0, 0.1) is 0 Å². The second kappa shape index (κ2) is 10.5. The SMILES string of the molecule is CCOc1cccc(C2CC(c3cccc(OC)c3)=NC(c3cc(OC)ccc3OC)N2)c1O. The van der Waals surface area contributed by atoms with Crippen molar-refractivity contribution in [3.63, 3.8) is 0 Å². The van der Waals surface area contributed by atoms with Crippen molar-refractivity contribution < 1.29 is 24.1 Å². The van der Waals surface area contributed by atoms with Gasteiger partial charge in [0.25, 0.3) is 0 Å². The fraction of sp³-hybridized carbons (Fsp3) is 0.296. The number of nitrogens with zero attached hydrogens (tertiary/aromatic N) is 1. The Morgan fingerprint density at radius 2 is 1.65 bits per heavy atom. The average molecular weight is 463 g/mol. The number of phenols is 1. The number of aromatic hydroxyl groups is 1. The topological polar surface area (TPSA) is 81.5 Å². The van der Waals surface area contributed by atoms with E-state index in [2.05, 4.69) is 5.32 Å². The molecular weight excluding hydrogens is 432 g/mol. The highest BCUT2D eigenvalue weighted by atomic mass is 16.5. The van der Waals surface area contributed by atoms with Crippen LogP contribution in [0.3, 0.4) is 0 Å². The maximum absolute atomic E-state index is 11.0. The van der Waals surface area contributed by atoms with Gasteiger partial charge in [-0.2, -0.15) is 0 Å². The number of hydrogen-bond donors (Lipinski definition) is 2. The second-order valence-corrected chi connectivity index (χ2v) is 7.87. The molecule has 0 bridgehead atoms. The van der Waals surface area contributed by atoms with Crippen LogP contribution in [-0.4, -0.2) is 38.8 Å². The predicted molar refractivity (Wildman–Crippen MR) is 132 cm³/mol. The zero-order valence-electron chi connectivity index (χ0n) is 19.9. The van der Waals surface area contributed by atoms with Crippen LogP contribution < -0.4 is 24.3 Å². The van der Waals surface area contributed by atoms with Crippen molar-refractivity contribution in [3.05, 3.63) is 77.4 Å². The molecule has 178 valence electrons. The smallest absolute Gasteiger partial charge is 0.162 e. The van der Waals surface area contributed by atoms with Crippen molar-refractivity contribution in [1.82, 2.24) is 5.32 Å². The maximum atomic E-state index is 11.0. The molecule has 0 saturated carbocycles. The average Bonchev–Trinajstić information content (AvgIpc) is 2.89. The Morgan fingerprint density at radius 3 is 2.38 bits per heavy atom. The predicted octanol–water partition coefficient (Wildman–Crippen LogP) is 5.04. The fourth-order valence-corrected chi connectivity index (χ4v) is 4.19. The molecule has 3 aromatic carbocycles. The number of phenolic OH excluding ortho intramolecular Hbond substituents is 1. The highest BCUT2D eigenvalue weighted by Gasteiger charge is 2.30. The van der Waals surface area contributed by atoms with Gasteiger partial charge in [-0.25, -0.2) is 0 Å². The van der Waals surface area contributed by atoms with Gasteiger partial charge in [0.2, 0.25) is 0 Å². The van der Waals surface area contributed by atoms with E-state index in [0.717, 1.165) is 28.2 Å². The minimum atomic E-state index is -0.430. The first kappa shape index (κ1) is 23.4. The summed E-state index contributed by atoms with van der Waals surface area (Å²) in [5.41, 5.74) is 3.43. The number of rotatable bonds is 8. The molecular formula is C27H30N2O5. The van der Waals surface area contributed by atoms with Crippen LogP contribution in [-0.2, 0) is 0 Å². The van der Waals surface area contributed by atoms with E-state index in [1.165, 1.54) is 0 Å². The number of nitrogens with one attached hydrogen (secondary N) is 1. The Hall–Kier alpha value is -3.71. The first-order valence-electron chi connectivity index (χ1n) is 11.2. The van der Waals surface area contributed by atoms with E-state index in [0.29, 0.717) is 30.3 Å². The molecule has 0 saturated heterocycles. The number of ether oxygens (including phenoxy) is 4. The van der Waals surface area contributed by atoms with Gasteiger partial charge in [-0.15, -0.1) is 0 Å². The molecule has 2 atom stereocenters. The van der Waals surface area contributed by atoms with Gasteiger partial charge in [0.15, 0.2) is 11.5 Å². The van der Waals surface area contributed by atoms with Gasteiger partial charge in [-0.05, 0) is 48.9 Å². The summed E-state index contributed by atoms with van der Waals surface area (Å²) in [6, 6.07) is 18.8. The summed E-state index contributed by atoms with van der Waals surface area (Å²) in [5.74, 6) is 2.75. The molecule has 2 unspecified atom stereocenters. The summed E-state index contributed by atoms with van der Waals surface area (Å²) in [7, 11) is 4.91. The van der Waals surface area contributed by atoms with Gasteiger partial charge in [0.05, 0.1) is 27.9 Å². The second-order valence-electron chi connectivity index (χ2n) is 7.87. The van der Waals surface area contributed by atoms with Crippen molar-refractivity contribution in [2.45, 2.75) is 25.6 Å². The Labute approximate surface area is 200 Å². The zero-order valence-corrected chi connectivity index (χ0v) is 19.9. The Kier molecular flexibility index (Phi) is 7.23. The molecule has 1 heterocycles. The lowest BCUT2D eigenvalue weighted by Gasteiger charge is -2.32. The van der Waals surface area contributed by atoms with E-state index in [4.69, 9.17) is 23.9 Å². The van der Waals surface area contributed by atoms with Crippen molar-refractivity contribution in [1.29, 1.82) is 0 Å². The van der Waals surface area contributed by atoms with Gasteiger partial charge in [0, 0.05) is 29.3 Å². The summed E-state index contributed by atoms with van der Waals surface area (Å²) in [6.07, 6.45) is 0.138. The van der Waals surface area contributed by atoms with Crippen molar-refractivity contribution in [2.24, 2.45) is 4.99 Å². The van der Waals surface area contributed by atoms with E-state index in [9.17, 15) is 5.11 Å². The Morgan fingerprint density at radius 1 is 0.882 bits per heavy atom. The largest absolute Gasteiger partial charge is 0.504 e. The van der Waals surface area contributed by atoms with Gasteiger partial charge in [-0.1, -0.05) is 24.3 Å². The number of methoxy groups -OCH3 is 3. The number of para-hydroxylation sites is 1. The summed E-state index contributed by atoms with van der Waals surface area (Å²) in [5, 5.41) is 14.6. The van der Waals surface area contributed by atoms with Crippen molar-refractivity contribution >= 4 is 5.71 Å². The molecule has 0 spiro atoms. The van der Waals surface area contributed by atoms with E-state index in [-0.39, 0.29) is 11.8 Å². The third kappa shape index (κ3) is 4.79. The molecule has 34 heavy (non-hydrogen) atoms. The molecule has 7 heteroatoms. The van der Waals surface area contributed by atoms with Crippen LogP contribution in [0.1, 0.15) is 42.2 Å².